The van der Waals surface area contributed by atoms with Gasteiger partial charge >= 0.3 is 6.03 Å². The lowest BCUT2D eigenvalue weighted by atomic mass is 10.1. The Morgan fingerprint density at radius 1 is 1.08 bits per heavy atom. The third-order valence-electron chi connectivity index (χ3n) is 3.77. The van der Waals surface area contributed by atoms with Crippen molar-refractivity contribution in [1.82, 2.24) is 15.1 Å². The summed E-state index contributed by atoms with van der Waals surface area (Å²) in [6, 6.07) is 18.5. The number of carbonyl (C=O) groups is 1. The van der Waals surface area contributed by atoms with Gasteiger partial charge in [-0.2, -0.15) is 5.10 Å². The molecule has 0 bridgehead atoms. The molecule has 2 aromatic carbocycles. The number of nitrogens with one attached hydrogen (secondary N) is 2. The zero-order chi connectivity index (χ0) is 17.5. The lowest BCUT2D eigenvalue weighted by Gasteiger charge is -2.16. The summed E-state index contributed by atoms with van der Waals surface area (Å²) in [6.45, 7) is 0.456. The Balaban J connectivity index is 1.58. The van der Waals surface area contributed by atoms with Gasteiger partial charge in [0.15, 0.2) is 0 Å². The van der Waals surface area contributed by atoms with Gasteiger partial charge in [-0.15, -0.1) is 0 Å². The van der Waals surface area contributed by atoms with Crippen LogP contribution in [0.2, 0.25) is 0 Å². The van der Waals surface area contributed by atoms with E-state index in [0.717, 1.165) is 11.1 Å². The van der Waals surface area contributed by atoms with Gasteiger partial charge in [0.2, 0.25) is 0 Å². The maximum atomic E-state index is 12.2. The molecule has 1 atom stereocenters. The lowest BCUT2D eigenvalue weighted by molar-refractivity contribution is 0.225. The first kappa shape index (κ1) is 16.7. The van der Waals surface area contributed by atoms with Gasteiger partial charge in [-0.3, -0.25) is 4.68 Å². The first-order valence-corrected chi connectivity index (χ1v) is 8.04. The third-order valence-corrected chi connectivity index (χ3v) is 3.77. The summed E-state index contributed by atoms with van der Waals surface area (Å²) in [7, 11) is 0. The number of benzene rings is 2. The summed E-state index contributed by atoms with van der Waals surface area (Å²) < 4.78 is 1.76. The van der Waals surface area contributed by atoms with Crippen molar-refractivity contribution in [2.75, 3.05) is 11.9 Å². The molecule has 0 fully saturated rings. The van der Waals surface area contributed by atoms with E-state index in [0.29, 0.717) is 12.2 Å². The molecule has 2 amide bonds. The van der Waals surface area contributed by atoms with Gasteiger partial charge in [-0.25, -0.2) is 4.79 Å². The molecule has 0 saturated heterocycles. The zero-order valence-corrected chi connectivity index (χ0v) is 13.7. The van der Waals surface area contributed by atoms with Crippen LogP contribution in [0, 0.1) is 0 Å². The van der Waals surface area contributed by atoms with Crippen LogP contribution in [0.25, 0.3) is 0 Å². The quantitative estimate of drug-likeness (QED) is 0.647. The first-order chi connectivity index (χ1) is 12.2. The lowest BCUT2D eigenvalue weighted by Crippen LogP contribution is -2.34. The zero-order valence-electron chi connectivity index (χ0n) is 13.7. The molecule has 0 aliphatic rings. The summed E-state index contributed by atoms with van der Waals surface area (Å²) in [5.41, 5.74) is 2.57. The van der Waals surface area contributed by atoms with E-state index < -0.39 is 6.04 Å². The Labute approximate surface area is 146 Å². The van der Waals surface area contributed by atoms with Gasteiger partial charge in [-0.1, -0.05) is 60.7 Å². The van der Waals surface area contributed by atoms with Gasteiger partial charge < -0.3 is 15.7 Å². The number of nitrogens with zero attached hydrogens (tertiary/aromatic N) is 2. The number of anilines is 1. The fourth-order valence-electron chi connectivity index (χ4n) is 2.53. The standard InChI is InChI=1S/C19H20N4O2/c24-14-18(16-9-5-2-6-10-16)22-19(25)21-17-11-20-23(13-17)12-15-7-3-1-4-8-15/h1-11,13,18,24H,12,14H2,(H2,21,22,25). The molecule has 1 unspecified atom stereocenters. The molecule has 6 heteroatoms. The third kappa shape index (κ3) is 4.68. The number of urea groups is 1. The second-order valence-electron chi connectivity index (χ2n) is 5.66. The molecular formula is C19H20N4O2. The minimum Gasteiger partial charge on any atom is -0.394 e. The van der Waals surface area contributed by atoms with E-state index in [2.05, 4.69) is 15.7 Å². The smallest absolute Gasteiger partial charge is 0.319 e. The van der Waals surface area contributed by atoms with Crippen molar-refractivity contribution in [1.29, 1.82) is 0 Å². The predicted octanol–water partition coefficient (Wildman–Crippen LogP) is 2.79. The fourth-order valence-corrected chi connectivity index (χ4v) is 2.53. The second-order valence-corrected chi connectivity index (χ2v) is 5.66. The van der Waals surface area contributed by atoms with Crippen LogP contribution in [0.5, 0.6) is 0 Å². The molecule has 6 nitrogen and oxygen atoms in total. The number of aliphatic hydroxyl groups excluding tert-OH is 1. The van der Waals surface area contributed by atoms with E-state index >= 15 is 0 Å². The minimum atomic E-state index is -0.458. The van der Waals surface area contributed by atoms with Gasteiger partial charge in [-0.05, 0) is 11.1 Å². The van der Waals surface area contributed by atoms with Crippen LogP contribution >= 0.6 is 0 Å². The van der Waals surface area contributed by atoms with Crippen LogP contribution in [0.3, 0.4) is 0 Å². The average molecular weight is 336 g/mol. The van der Waals surface area contributed by atoms with Crippen molar-refractivity contribution in [3.8, 4) is 0 Å². The number of carbonyl (C=O) groups excluding carboxylic acids is 1. The highest BCUT2D eigenvalue weighted by atomic mass is 16.3. The number of aliphatic hydroxyl groups is 1. The van der Waals surface area contributed by atoms with Crippen molar-refractivity contribution in [3.05, 3.63) is 84.2 Å². The van der Waals surface area contributed by atoms with Crippen LogP contribution in [0.4, 0.5) is 10.5 Å². The molecule has 3 aromatic rings. The Kier molecular flexibility index (Phi) is 5.43. The van der Waals surface area contributed by atoms with Gasteiger partial charge in [0.1, 0.15) is 0 Å². The van der Waals surface area contributed by atoms with Crippen molar-refractivity contribution in [3.63, 3.8) is 0 Å². The number of aromatic nitrogens is 2. The Hall–Kier alpha value is -3.12. The van der Waals surface area contributed by atoms with Gasteiger partial charge in [0.25, 0.3) is 0 Å². The van der Waals surface area contributed by atoms with Crippen LogP contribution in [-0.2, 0) is 6.54 Å². The first-order valence-electron chi connectivity index (χ1n) is 8.04. The molecule has 0 aliphatic heterocycles. The molecule has 128 valence electrons. The van der Waals surface area contributed by atoms with E-state index in [1.165, 1.54) is 0 Å². The topological polar surface area (TPSA) is 79.2 Å². The highest BCUT2D eigenvalue weighted by Gasteiger charge is 2.13. The van der Waals surface area contributed by atoms with E-state index in [4.69, 9.17) is 0 Å². The molecule has 1 heterocycles. The number of rotatable bonds is 6. The Bertz CT molecular complexity index is 803. The molecule has 3 rings (SSSR count). The number of hydrogen-bond donors (Lipinski definition) is 3. The molecule has 3 N–H and O–H groups in total. The van der Waals surface area contributed by atoms with Crippen LogP contribution in [-0.4, -0.2) is 27.5 Å². The van der Waals surface area contributed by atoms with Crippen molar-refractivity contribution >= 4 is 11.7 Å². The maximum Gasteiger partial charge on any atom is 0.319 e. The molecule has 0 saturated carbocycles. The number of hydrogen-bond acceptors (Lipinski definition) is 3. The minimum absolute atomic E-state index is 0.176. The van der Waals surface area contributed by atoms with E-state index in [9.17, 15) is 9.90 Å². The molecule has 25 heavy (non-hydrogen) atoms. The molecule has 0 aliphatic carbocycles. The second kappa shape index (κ2) is 8.12. The maximum absolute atomic E-state index is 12.2. The van der Waals surface area contributed by atoms with Gasteiger partial charge in [0, 0.05) is 6.20 Å². The summed E-state index contributed by atoms with van der Waals surface area (Å²) >= 11 is 0. The highest BCUT2D eigenvalue weighted by molar-refractivity contribution is 5.89. The molecule has 1 aromatic heterocycles. The average Bonchev–Trinajstić information content (AvgIpc) is 3.08. The van der Waals surface area contributed by atoms with Crippen molar-refractivity contribution < 1.29 is 9.90 Å². The predicted molar refractivity (Wildman–Crippen MR) is 96.2 cm³/mol. The summed E-state index contributed by atoms with van der Waals surface area (Å²) in [5, 5.41) is 19.2. The number of amides is 2. The Morgan fingerprint density at radius 2 is 1.76 bits per heavy atom. The summed E-state index contributed by atoms with van der Waals surface area (Å²) in [5.74, 6) is 0. The normalized spacial score (nSPS) is 11.7. The monoisotopic (exact) mass is 336 g/mol. The summed E-state index contributed by atoms with van der Waals surface area (Å²) in [4.78, 5) is 12.2. The highest BCUT2D eigenvalue weighted by Crippen LogP contribution is 2.13. The van der Waals surface area contributed by atoms with Crippen molar-refractivity contribution in [2.24, 2.45) is 0 Å². The van der Waals surface area contributed by atoms with Crippen molar-refractivity contribution in [2.45, 2.75) is 12.6 Å². The van der Waals surface area contributed by atoms with E-state index in [1.807, 2.05) is 60.7 Å². The van der Waals surface area contributed by atoms with Crippen LogP contribution in [0.1, 0.15) is 17.2 Å². The van der Waals surface area contributed by atoms with E-state index in [1.54, 1.807) is 17.1 Å². The fraction of sp³-hybridized carbons (Fsp3) is 0.158. The molecule has 0 spiro atoms. The largest absolute Gasteiger partial charge is 0.394 e. The SMILES string of the molecule is O=C(Nc1cnn(Cc2ccccc2)c1)NC(CO)c1ccccc1. The van der Waals surface area contributed by atoms with E-state index in [-0.39, 0.29) is 12.6 Å². The summed E-state index contributed by atoms with van der Waals surface area (Å²) in [6.07, 6.45) is 3.36. The van der Waals surface area contributed by atoms with Crippen LogP contribution < -0.4 is 10.6 Å². The molecular weight excluding hydrogens is 316 g/mol. The Morgan fingerprint density at radius 3 is 2.44 bits per heavy atom. The molecule has 0 radical (unpaired) electrons. The van der Waals surface area contributed by atoms with Gasteiger partial charge in [0.05, 0.1) is 31.1 Å². The van der Waals surface area contributed by atoms with Crippen LogP contribution in [0.15, 0.2) is 73.1 Å².